The molecule has 1 aliphatic heterocycles. The van der Waals surface area contributed by atoms with Crippen LogP contribution in [0.5, 0.6) is 5.75 Å². The Morgan fingerprint density at radius 3 is 2.76 bits per heavy atom. The molecule has 1 aliphatic rings. The van der Waals surface area contributed by atoms with Crippen LogP contribution in [-0.4, -0.2) is 25.1 Å². The number of benzene rings is 1. The van der Waals surface area contributed by atoms with Crippen LogP contribution in [0, 0.1) is 5.92 Å². The number of halogens is 2. The zero-order valence-corrected chi connectivity index (χ0v) is 11.9. The van der Waals surface area contributed by atoms with Crippen LogP contribution < -0.4 is 15.4 Å². The summed E-state index contributed by atoms with van der Waals surface area (Å²) in [6, 6.07) is 6.65. The molecule has 2 N–H and O–H groups in total. The van der Waals surface area contributed by atoms with Crippen molar-refractivity contribution in [1.82, 2.24) is 10.6 Å². The SMILES string of the molecule is CC1CC(C(=O)NCc2ccc(OC(F)F)cc2)CCN1. The number of rotatable bonds is 5. The number of carbonyl (C=O) groups is 1. The van der Waals surface area contributed by atoms with Crippen LogP contribution in [-0.2, 0) is 11.3 Å². The number of amides is 1. The first-order valence-electron chi connectivity index (χ1n) is 7.09. The summed E-state index contributed by atoms with van der Waals surface area (Å²) in [6.45, 7) is 0.504. The van der Waals surface area contributed by atoms with Gasteiger partial charge in [0.05, 0.1) is 0 Å². The Kier molecular flexibility index (Phi) is 5.50. The summed E-state index contributed by atoms with van der Waals surface area (Å²) in [5, 5.41) is 6.20. The van der Waals surface area contributed by atoms with E-state index in [0.29, 0.717) is 12.6 Å². The molecule has 0 bridgehead atoms. The van der Waals surface area contributed by atoms with E-state index in [0.717, 1.165) is 24.9 Å². The highest BCUT2D eigenvalue weighted by molar-refractivity contribution is 5.78. The highest BCUT2D eigenvalue weighted by atomic mass is 19.3. The number of hydrogen-bond acceptors (Lipinski definition) is 3. The third-order valence-corrected chi connectivity index (χ3v) is 3.61. The molecule has 116 valence electrons. The number of ether oxygens (including phenoxy) is 1. The van der Waals surface area contributed by atoms with Gasteiger partial charge < -0.3 is 15.4 Å². The van der Waals surface area contributed by atoms with E-state index in [1.165, 1.54) is 12.1 Å². The number of nitrogens with one attached hydrogen (secondary N) is 2. The van der Waals surface area contributed by atoms with Crippen molar-refractivity contribution in [3.05, 3.63) is 29.8 Å². The Morgan fingerprint density at radius 2 is 2.14 bits per heavy atom. The van der Waals surface area contributed by atoms with Crippen LogP contribution in [0.2, 0.25) is 0 Å². The summed E-state index contributed by atoms with van der Waals surface area (Å²) in [4.78, 5) is 12.1. The van der Waals surface area contributed by atoms with Crippen LogP contribution in [0.1, 0.15) is 25.3 Å². The van der Waals surface area contributed by atoms with E-state index in [1.807, 2.05) is 0 Å². The third kappa shape index (κ3) is 4.97. The highest BCUT2D eigenvalue weighted by Crippen LogP contribution is 2.17. The van der Waals surface area contributed by atoms with E-state index >= 15 is 0 Å². The largest absolute Gasteiger partial charge is 0.435 e. The summed E-state index contributed by atoms with van der Waals surface area (Å²) >= 11 is 0. The average Bonchev–Trinajstić information content (AvgIpc) is 2.45. The molecule has 0 saturated carbocycles. The van der Waals surface area contributed by atoms with Crippen LogP contribution in [0.4, 0.5) is 8.78 Å². The van der Waals surface area contributed by atoms with Gasteiger partial charge in [-0.2, -0.15) is 8.78 Å². The molecule has 1 heterocycles. The van der Waals surface area contributed by atoms with Crippen LogP contribution in [0.3, 0.4) is 0 Å². The average molecular weight is 298 g/mol. The van der Waals surface area contributed by atoms with Crippen molar-refractivity contribution in [1.29, 1.82) is 0 Å². The van der Waals surface area contributed by atoms with Crippen molar-refractivity contribution in [3.63, 3.8) is 0 Å². The monoisotopic (exact) mass is 298 g/mol. The summed E-state index contributed by atoms with van der Waals surface area (Å²) in [5.41, 5.74) is 0.854. The Morgan fingerprint density at radius 1 is 1.43 bits per heavy atom. The molecule has 2 rings (SSSR count). The zero-order valence-electron chi connectivity index (χ0n) is 11.9. The Hall–Kier alpha value is -1.69. The normalized spacial score (nSPS) is 22.1. The second kappa shape index (κ2) is 7.36. The lowest BCUT2D eigenvalue weighted by Gasteiger charge is -2.27. The first-order chi connectivity index (χ1) is 10.0. The second-order valence-corrected chi connectivity index (χ2v) is 5.32. The lowest BCUT2D eigenvalue weighted by molar-refractivity contribution is -0.126. The second-order valence-electron chi connectivity index (χ2n) is 5.32. The van der Waals surface area contributed by atoms with Gasteiger partial charge in [0.15, 0.2) is 0 Å². The van der Waals surface area contributed by atoms with Crippen LogP contribution in [0.25, 0.3) is 0 Å². The maximum Gasteiger partial charge on any atom is 0.387 e. The molecule has 1 amide bonds. The van der Waals surface area contributed by atoms with Gasteiger partial charge >= 0.3 is 6.61 Å². The van der Waals surface area contributed by atoms with Gasteiger partial charge in [-0.15, -0.1) is 0 Å². The van der Waals surface area contributed by atoms with E-state index in [1.54, 1.807) is 12.1 Å². The van der Waals surface area contributed by atoms with E-state index < -0.39 is 6.61 Å². The predicted octanol–water partition coefficient (Wildman–Crippen LogP) is 2.29. The van der Waals surface area contributed by atoms with Gasteiger partial charge in [-0.25, -0.2) is 0 Å². The van der Waals surface area contributed by atoms with Crippen molar-refractivity contribution in [2.45, 2.75) is 39.0 Å². The third-order valence-electron chi connectivity index (χ3n) is 3.61. The minimum Gasteiger partial charge on any atom is -0.435 e. The van der Waals surface area contributed by atoms with Crippen molar-refractivity contribution in [3.8, 4) is 5.75 Å². The molecule has 1 fully saturated rings. The molecule has 6 heteroatoms. The smallest absolute Gasteiger partial charge is 0.387 e. The first kappa shape index (κ1) is 15.7. The molecule has 2 atom stereocenters. The lowest BCUT2D eigenvalue weighted by atomic mass is 9.92. The molecule has 4 nitrogen and oxygen atoms in total. The van der Waals surface area contributed by atoms with Gasteiger partial charge in [-0.05, 0) is 44.0 Å². The number of alkyl halides is 2. The lowest BCUT2D eigenvalue weighted by Crippen LogP contribution is -2.42. The Balaban J connectivity index is 1.80. The summed E-state index contributed by atoms with van der Waals surface area (Å²) in [5.74, 6) is 0.214. The van der Waals surface area contributed by atoms with Gasteiger partial charge in [0.1, 0.15) is 5.75 Å². The fourth-order valence-corrected chi connectivity index (χ4v) is 2.49. The summed E-state index contributed by atoms with van der Waals surface area (Å²) in [6.07, 6.45) is 1.68. The van der Waals surface area contributed by atoms with E-state index in [-0.39, 0.29) is 17.6 Å². The number of piperidine rings is 1. The molecule has 1 aromatic carbocycles. The molecular weight excluding hydrogens is 278 g/mol. The zero-order chi connectivity index (χ0) is 15.2. The number of hydrogen-bond donors (Lipinski definition) is 2. The molecule has 0 aliphatic carbocycles. The standard InChI is InChI=1S/C15H20F2N2O2/c1-10-8-12(6-7-18-10)14(20)19-9-11-2-4-13(5-3-11)21-15(16)17/h2-5,10,12,15,18H,6-9H2,1H3,(H,19,20). The molecule has 1 aromatic rings. The van der Waals surface area contributed by atoms with Gasteiger partial charge in [0.2, 0.25) is 5.91 Å². The van der Waals surface area contributed by atoms with Crippen molar-refractivity contribution in [2.24, 2.45) is 5.92 Å². The van der Waals surface area contributed by atoms with Crippen LogP contribution in [0.15, 0.2) is 24.3 Å². The van der Waals surface area contributed by atoms with Gasteiger partial charge in [0.25, 0.3) is 0 Å². The predicted molar refractivity (Wildman–Crippen MR) is 75.1 cm³/mol. The van der Waals surface area contributed by atoms with Gasteiger partial charge in [-0.1, -0.05) is 12.1 Å². The van der Waals surface area contributed by atoms with E-state index in [4.69, 9.17) is 0 Å². The minimum atomic E-state index is -2.82. The maximum absolute atomic E-state index is 12.1. The number of carbonyl (C=O) groups excluding carboxylic acids is 1. The fraction of sp³-hybridized carbons (Fsp3) is 0.533. The topological polar surface area (TPSA) is 50.4 Å². The molecule has 21 heavy (non-hydrogen) atoms. The van der Waals surface area contributed by atoms with Crippen molar-refractivity contribution < 1.29 is 18.3 Å². The highest BCUT2D eigenvalue weighted by Gasteiger charge is 2.24. The van der Waals surface area contributed by atoms with Crippen molar-refractivity contribution >= 4 is 5.91 Å². The van der Waals surface area contributed by atoms with E-state index in [9.17, 15) is 13.6 Å². The first-order valence-corrected chi connectivity index (χ1v) is 7.09. The van der Waals surface area contributed by atoms with Gasteiger partial charge in [0, 0.05) is 18.5 Å². The minimum absolute atomic E-state index is 0.0442. The molecular formula is C15H20F2N2O2. The maximum atomic E-state index is 12.1. The molecule has 2 unspecified atom stereocenters. The molecule has 0 radical (unpaired) electrons. The van der Waals surface area contributed by atoms with Crippen molar-refractivity contribution in [2.75, 3.05) is 6.54 Å². The Bertz CT molecular complexity index is 465. The molecule has 0 spiro atoms. The van der Waals surface area contributed by atoms with E-state index in [2.05, 4.69) is 22.3 Å². The summed E-state index contributed by atoms with van der Waals surface area (Å²) in [7, 11) is 0. The quantitative estimate of drug-likeness (QED) is 0.877. The van der Waals surface area contributed by atoms with Crippen LogP contribution >= 0.6 is 0 Å². The van der Waals surface area contributed by atoms with Gasteiger partial charge in [-0.3, -0.25) is 4.79 Å². The summed E-state index contributed by atoms with van der Waals surface area (Å²) < 4.78 is 28.3. The molecule has 0 aromatic heterocycles. The molecule has 1 saturated heterocycles. The fourth-order valence-electron chi connectivity index (χ4n) is 2.49. The Labute approximate surface area is 122 Å².